The number of rotatable bonds is 5. The fraction of sp³-hybridized carbons (Fsp3) is 0.667. The summed E-state index contributed by atoms with van der Waals surface area (Å²) in [7, 11) is 0. The Hall–Kier alpha value is -0.970. The first-order valence-corrected chi connectivity index (χ1v) is 7.38. The van der Waals surface area contributed by atoms with Crippen LogP contribution in [-0.2, 0) is 6.54 Å². The van der Waals surface area contributed by atoms with E-state index in [9.17, 15) is 0 Å². The number of nitrogens with zero attached hydrogens (tertiary/aromatic N) is 2. The zero-order valence-corrected chi connectivity index (χ0v) is 11.8. The molecule has 2 aliphatic rings. The molecule has 0 bridgehead atoms. The van der Waals surface area contributed by atoms with Crippen molar-refractivity contribution in [2.45, 2.75) is 51.4 Å². The van der Waals surface area contributed by atoms with E-state index in [2.05, 4.69) is 46.7 Å². The van der Waals surface area contributed by atoms with E-state index in [0.29, 0.717) is 18.0 Å². The summed E-state index contributed by atoms with van der Waals surface area (Å²) >= 11 is 0. The first-order valence-electron chi connectivity index (χ1n) is 7.38. The fourth-order valence-corrected chi connectivity index (χ4v) is 3.00. The van der Waals surface area contributed by atoms with Crippen LogP contribution in [0.4, 0.5) is 0 Å². The Morgan fingerprint density at radius 3 is 2.37 bits per heavy atom. The van der Waals surface area contributed by atoms with Gasteiger partial charge < -0.3 is 0 Å². The molecule has 1 aliphatic heterocycles. The number of hydrogen-bond acceptors (Lipinski definition) is 4. The summed E-state index contributed by atoms with van der Waals surface area (Å²) in [6.45, 7) is 6.79. The summed E-state index contributed by atoms with van der Waals surface area (Å²) in [5, 5.41) is 0. The van der Waals surface area contributed by atoms with Crippen LogP contribution in [0.1, 0.15) is 32.3 Å². The molecule has 3 rings (SSSR count). The second-order valence-electron chi connectivity index (χ2n) is 6.05. The molecule has 0 aromatic carbocycles. The van der Waals surface area contributed by atoms with Crippen molar-refractivity contribution in [3.63, 3.8) is 0 Å². The Kier molecular flexibility index (Phi) is 3.82. The molecule has 2 N–H and O–H groups in total. The standard InChI is InChI=1S/C15H24N4/c1-11-15(12(2)18-17-11)10-19(14-3-4-14)9-13-5-7-16-8-6-13/h5-8,11-12,14-15,17-18H,3-4,9-10H2,1-2H3. The summed E-state index contributed by atoms with van der Waals surface area (Å²) in [5.74, 6) is 0.683. The first-order chi connectivity index (χ1) is 9.24. The third kappa shape index (κ3) is 3.14. The molecule has 0 spiro atoms. The maximum absolute atomic E-state index is 4.10. The zero-order chi connectivity index (χ0) is 13.2. The second-order valence-corrected chi connectivity index (χ2v) is 6.05. The van der Waals surface area contributed by atoms with Crippen molar-refractivity contribution < 1.29 is 0 Å². The van der Waals surface area contributed by atoms with Crippen LogP contribution in [0.3, 0.4) is 0 Å². The van der Waals surface area contributed by atoms with Crippen molar-refractivity contribution in [1.29, 1.82) is 0 Å². The Morgan fingerprint density at radius 1 is 1.16 bits per heavy atom. The summed E-state index contributed by atoms with van der Waals surface area (Å²) in [6.07, 6.45) is 6.51. The van der Waals surface area contributed by atoms with Gasteiger partial charge in [-0.05, 0) is 44.4 Å². The maximum atomic E-state index is 4.10. The Balaban J connectivity index is 1.65. The van der Waals surface area contributed by atoms with Gasteiger partial charge in [0.25, 0.3) is 0 Å². The molecular formula is C15H24N4. The summed E-state index contributed by atoms with van der Waals surface area (Å²) < 4.78 is 0. The van der Waals surface area contributed by atoms with E-state index in [1.54, 1.807) is 0 Å². The van der Waals surface area contributed by atoms with Gasteiger partial charge in [0.2, 0.25) is 0 Å². The first kappa shape index (κ1) is 13.0. The lowest BCUT2D eigenvalue weighted by Gasteiger charge is -2.28. The molecule has 0 amide bonds. The van der Waals surface area contributed by atoms with Crippen LogP contribution in [0.2, 0.25) is 0 Å². The van der Waals surface area contributed by atoms with Gasteiger partial charge in [-0.1, -0.05) is 0 Å². The molecule has 2 unspecified atom stereocenters. The predicted octanol–water partition coefficient (Wildman–Crippen LogP) is 1.55. The smallest absolute Gasteiger partial charge is 0.0271 e. The molecule has 0 radical (unpaired) electrons. The normalized spacial score (nSPS) is 31.0. The molecule has 1 aromatic heterocycles. The Morgan fingerprint density at radius 2 is 1.79 bits per heavy atom. The minimum atomic E-state index is 0.550. The van der Waals surface area contributed by atoms with Gasteiger partial charge in [-0.25, -0.2) is 0 Å². The molecular weight excluding hydrogens is 236 g/mol. The molecule has 1 saturated heterocycles. The lowest BCUT2D eigenvalue weighted by atomic mass is 9.95. The van der Waals surface area contributed by atoms with Crippen LogP contribution >= 0.6 is 0 Å². The average molecular weight is 260 g/mol. The van der Waals surface area contributed by atoms with Crippen LogP contribution in [0, 0.1) is 5.92 Å². The number of aromatic nitrogens is 1. The Bertz CT molecular complexity index is 394. The van der Waals surface area contributed by atoms with Gasteiger partial charge in [-0.2, -0.15) is 0 Å². The van der Waals surface area contributed by atoms with Crippen LogP contribution in [0.5, 0.6) is 0 Å². The lowest BCUT2D eigenvalue weighted by Crippen LogP contribution is -2.38. The minimum absolute atomic E-state index is 0.550. The van der Waals surface area contributed by atoms with Gasteiger partial charge in [-0.15, -0.1) is 0 Å². The van der Waals surface area contributed by atoms with Crippen molar-refractivity contribution in [3.05, 3.63) is 30.1 Å². The quantitative estimate of drug-likeness (QED) is 0.842. The van der Waals surface area contributed by atoms with Gasteiger partial charge in [0.1, 0.15) is 0 Å². The molecule has 2 fully saturated rings. The van der Waals surface area contributed by atoms with E-state index in [1.807, 2.05) is 12.4 Å². The molecule has 2 atom stereocenters. The van der Waals surface area contributed by atoms with Crippen LogP contribution in [0.25, 0.3) is 0 Å². The van der Waals surface area contributed by atoms with Crippen molar-refractivity contribution in [1.82, 2.24) is 20.7 Å². The number of nitrogens with one attached hydrogen (secondary N) is 2. The molecule has 19 heavy (non-hydrogen) atoms. The van der Waals surface area contributed by atoms with E-state index in [1.165, 1.54) is 24.9 Å². The van der Waals surface area contributed by atoms with Gasteiger partial charge in [0.05, 0.1) is 0 Å². The van der Waals surface area contributed by atoms with Gasteiger partial charge in [0, 0.05) is 49.5 Å². The summed E-state index contributed by atoms with van der Waals surface area (Å²) in [4.78, 5) is 6.76. The highest BCUT2D eigenvalue weighted by Crippen LogP contribution is 2.30. The topological polar surface area (TPSA) is 40.2 Å². The predicted molar refractivity (Wildman–Crippen MR) is 76.4 cm³/mol. The average Bonchev–Trinajstić information content (AvgIpc) is 3.21. The van der Waals surface area contributed by atoms with Crippen molar-refractivity contribution in [3.8, 4) is 0 Å². The fourth-order valence-electron chi connectivity index (χ4n) is 3.00. The number of hydrogen-bond donors (Lipinski definition) is 2. The largest absolute Gasteiger partial charge is 0.296 e. The van der Waals surface area contributed by atoms with E-state index in [4.69, 9.17) is 0 Å². The van der Waals surface area contributed by atoms with Gasteiger partial charge >= 0.3 is 0 Å². The van der Waals surface area contributed by atoms with Crippen molar-refractivity contribution in [2.75, 3.05) is 6.54 Å². The third-order valence-electron chi connectivity index (χ3n) is 4.47. The molecule has 1 aromatic rings. The molecule has 2 heterocycles. The van der Waals surface area contributed by atoms with Crippen LogP contribution < -0.4 is 10.9 Å². The molecule has 4 heteroatoms. The summed E-state index contributed by atoms with van der Waals surface area (Å²) in [6, 6.07) is 6.16. The second kappa shape index (κ2) is 5.57. The van der Waals surface area contributed by atoms with E-state index >= 15 is 0 Å². The van der Waals surface area contributed by atoms with Crippen molar-refractivity contribution >= 4 is 0 Å². The van der Waals surface area contributed by atoms with Crippen LogP contribution in [-0.4, -0.2) is 34.6 Å². The molecule has 4 nitrogen and oxygen atoms in total. The van der Waals surface area contributed by atoms with Gasteiger partial charge in [0.15, 0.2) is 0 Å². The Labute approximate surface area is 115 Å². The molecule has 1 aliphatic carbocycles. The highest BCUT2D eigenvalue weighted by atomic mass is 15.4. The number of hydrazine groups is 1. The van der Waals surface area contributed by atoms with Crippen LogP contribution in [0.15, 0.2) is 24.5 Å². The maximum Gasteiger partial charge on any atom is 0.0271 e. The lowest BCUT2D eigenvalue weighted by molar-refractivity contribution is 0.199. The van der Waals surface area contributed by atoms with Gasteiger partial charge in [-0.3, -0.25) is 20.7 Å². The third-order valence-corrected chi connectivity index (χ3v) is 4.47. The SMILES string of the molecule is CC1NNC(C)C1CN(Cc1ccncc1)C1CC1. The number of pyridine rings is 1. The minimum Gasteiger partial charge on any atom is -0.296 e. The summed E-state index contributed by atoms with van der Waals surface area (Å²) in [5.41, 5.74) is 8.10. The highest BCUT2D eigenvalue weighted by Gasteiger charge is 2.36. The van der Waals surface area contributed by atoms with Crippen molar-refractivity contribution in [2.24, 2.45) is 5.92 Å². The molecule has 1 saturated carbocycles. The zero-order valence-electron chi connectivity index (χ0n) is 11.8. The molecule has 104 valence electrons. The highest BCUT2D eigenvalue weighted by molar-refractivity contribution is 5.10. The monoisotopic (exact) mass is 260 g/mol. The van der Waals surface area contributed by atoms with E-state index in [-0.39, 0.29) is 0 Å². The van der Waals surface area contributed by atoms with E-state index in [0.717, 1.165) is 12.6 Å². The van der Waals surface area contributed by atoms with E-state index < -0.39 is 0 Å².